The van der Waals surface area contributed by atoms with Crippen LogP contribution in [0.15, 0.2) is 59.6 Å². The summed E-state index contributed by atoms with van der Waals surface area (Å²) in [6, 6.07) is 17.8. The molecule has 0 atom stereocenters. The summed E-state index contributed by atoms with van der Waals surface area (Å²) in [5.74, 6) is 0.464. The molecule has 1 heterocycles. The van der Waals surface area contributed by atoms with E-state index < -0.39 is 0 Å². The maximum atomic E-state index is 12.2. The molecule has 0 aliphatic rings. The molecule has 0 radical (unpaired) electrons. The van der Waals surface area contributed by atoms with Crippen LogP contribution < -0.4 is 0 Å². The fourth-order valence-corrected chi connectivity index (χ4v) is 3.31. The number of carbonyl (C=O) groups excluding carboxylic acids is 1. The smallest absolute Gasteiger partial charge is 0.173 e. The Morgan fingerprint density at radius 3 is 2.24 bits per heavy atom. The van der Waals surface area contributed by atoms with Gasteiger partial charge in [0, 0.05) is 11.1 Å². The van der Waals surface area contributed by atoms with Crippen molar-refractivity contribution in [3.8, 4) is 11.3 Å². The molecule has 3 nitrogen and oxygen atoms in total. The SMILES string of the molecule is Cc1ccc(C(=O)CSc2ccc(-c3ccc(C)cc3C)nn2)cc1. The predicted octanol–water partition coefficient (Wildman–Crippen LogP) is 5.04. The molecule has 25 heavy (non-hydrogen) atoms. The van der Waals surface area contributed by atoms with Crippen LogP contribution in [0.4, 0.5) is 0 Å². The maximum absolute atomic E-state index is 12.2. The predicted molar refractivity (Wildman–Crippen MR) is 103 cm³/mol. The third-order valence-corrected chi connectivity index (χ3v) is 4.94. The molecule has 3 rings (SSSR count). The monoisotopic (exact) mass is 348 g/mol. The highest BCUT2D eigenvalue weighted by Gasteiger charge is 2.09. The van der Waals surface area contributed by atoms with E-state index >= 15 is 0 Å². The van der Waals surface area contributed by atoms with Crippen LogP contribution in [0.25, 0.3) is 11.3 Å². The highest BCUT2D eigenvalue weighted by atomic mass is 32.2. The van der Waals surface area contributed by atoms with Crippen LogP contribution in [-0.2, 0) is 0 Å². The van der Waals surface area contributed by atoms with E-state index in [1.165, 1.54) is 22.9 Å². The van der Waals surface area contributed by atoms with Gasteiger partial charge in [0.1, 0.15) is 5.03 Å². The summed E-state index contributed by atoms with van der Waals surface area (Å²) in [4.78, 5) is 12.2. The summed E-state index contributed by atoms with van der Waals surface area (Å²) in [5.41, 5.74) is 6.24. The molecule has 0 unspecified atom stereocenters. The van der Waals surface area contributed by atoms with Gasteiger partial charge in [0.2, 0.25) is 0 Å². The number of aryl methyl sites for hydroxylation is 3. The molecular weight excluding hydrogens is 328 g/mol. The molecule has 0 N–H and O–H groups in total. The van der Waals surface area contributed by atoms with Crippen molar-refractivity contribution in [2.75, 3.05) is 5.75 Å². The zero-order valence-electron chi connectivity index (χ0n) is 14.6. The molecule has 0 bridgehead atoms. The van der Waals surface area contributed by atoms with Crippen molar-refractivity contribution in [2.24, 2.45) is 0 Å². The van der Waals surface area contributed by atoms with Gasteiger partial charge in [-0.05, 0) is 38.5 Å². The minimum atomic E-state index is 0.102. The highest BCUT2D eigenvalue weighted by Crippen LogP contribution is 2.24. The van der Waals surface area contributed by atoms with Crippen molar-refractivity contribution in [3.05, 3.63) is 76.9 Å². The summed E-state index contributed by atoms with van der Waals surface area (Å²) in [5, 5.41) is 9.34. The minimum absolute atomic E-state index is 0.102. The second-order valence-electron chi connectivity index (χ2n) is 6.15. The molecule has 0 fully saturated rings. The number of aromatic nitrogens is 2. The van der Waals surface area contributed by atoms with Gasteiger partial charge < -0.3 is 0 Å². The lowest BCUT2D eigenvalue weighted by Gasteiger charge is -2.06. The molecule has 0 aliphatic heterocycles. The Kier molecular flexibility index (Phi) is 5.29. The number of nitrogens with zero attached hydrogens (tertiary/aromatic N) is 2. The number of carbonyl (C=O) groups is 1. The van der Waals surface area contributed by atoms with E-state index in [-0.39, 0.29) is 5.78 Å². The number of ketones is 1. The normalized spacial score (nSPS) is 10.7. The van der Waals surface area contributed by atoms with Crippen LogP contribution >= 0.6 is 11.8 Å². The summed E-state index contributed by atoms with van der Waals surface area (Å²) >= 11 is 1.41. The Labute approximate surface area is 152 Å². The standard InChI is InChI=1S/C21H20N2OS/c1-14-4-7-17(8-5-14)20(24)13-25-21-11-10-19(22-23-21)18-9-6-15(2)12-16(18)3/h4-12H,13H2,1-3H3. The Morgan fingerprint density at radius 1 is 0.880 bits per heavy atom. The average molecular weight is 348 g/mol. The van der Waals surface area contributed by atoms with E-state index in [9.17, 15) is 4.79 Å². The highest BCUT2D eigenvalue weighted by molar-refractivity contribution is 7.99. The molecule has 0 saturated heterocycles. The summed E-state index contributed by atoms with van der Waals surface area (Å²) in [6.45, 7) is 6.16. The van der Waals surface area contributed by atoms with Crippen LogP contribution in [0.3, 0.4) is 0 Å². The van der Waals surface area contributed by atoms with Gasteiger partial charge in [-0.15, -0.1) is 10.2 Å². The first-order chi connectivity index (χ1) is 12.0. The first-order valence-corrected chi connectivity index (χ1v) is 9.15. The average Bonchev–Trinajstić information content (AvgIpc) is 2.61. The van der Waals surface area contributed by atoms with Crippen molar-refractivity contribution < 1.29 is 4.79 Å². The fourth-order valence-electron chi connectivity index (χ4n) is 2.60. The Morgan fingerprint density at radius 2 is 1.60 bits per heavy atom. The van der Waals surface area contributed by atoms with E-state index in [0.717, 1.165) is 27.4 Å². The van der Waals surface area contributed by atoms with Gasteiger partial charge in [-0.1, -0.05) is 65.4 Å². The number of rotatable bonds is 5. The fraction of sp³-hybridized carbons (Fsp3) is 0.190. The third-order valence-electron chi connectivity index (χ3n) is 4.02. The van der Waals surface area contributed by atoms with Crippen molar-refractivity contribution in [3.63, 3.8) is 0 Å². The molecule has 0 amide bonds. The van der Waals surface area contributed by atoms with Crippen LogP contribution in [0.2, 0.25) is 0 Å². The molecule has 3 aromatic rings. The molecule has 0 aliphatic carbocycles. The number of thioether (sulfide) groups is 1. The Balaban J connectivity index is 1.66. The molecule has 4 heteroatoms. The quantitative estimate of drug-likeness (QED) is 0.478. The number of Topliss-reactive ketones (excluding diaryl/α,β-unsaturated/α-hetero) is 1. The maximum Gasteiger partial charge on any atom is 0.173 e. The lowest BCUT2D eigenvalue weighted by Crippen LogP contribution is -2.02. The number of benzene rings is 2. The zero-order chi connectivity index (χ0) is 17.8. The Hall–Kier alpha value is -2.46. The summed E-state index contributed by atoms with van der Waals surface area (Å²) in [6.07, 6.45) is 0. The van der Waals surface area contributed by atoms with Crippen molar-refractivity contribution >= 4 is 17.5 Å². The number of hydrogen-bond acceptors (Lipinski definition) is 4. The summed E-state index contributed by atoms with van der Waals surface area (Å²) in [7, 11) is 0. The lowest BCUT2D eigenvalue weighted by molar-refractivity contribution is 0.102. The van der Waals surface area contributed by atoms with Crippen LogP contribution in [0, 0.1) is 20.8 Å². The largest absolute Gasteiger partial charge is 0.293 e. The van der Waals surface area contributed by atoms with Gasteiger partial charge in [0.15, 0.2) is 5.78 Å². The van der Waals surface area contributed by atoms with Crippen molar-refractivity contribution in [1.29, 1.82) is 0 Å². The van der Waals surface area contributed by atoms with Crippen LogP contribution in [0.5, 0.6) is 0 Å². The summed E-state index contributed by atoms with van der Waals surface area (Å²) < 4.78 is 0. The van der Waals surface area contributed by atoms with Gasteiger partial charge in [0.25, 0.3) is 0 Å². The van der Waals surface area contributed by atoms with Gasteiger partial charge in [0.05, 0.1) is 11.4 Å². The van der Waals surface area contributed by atoms with Gasteiger partial charge >= 0.3 is 0 Å². The van der Waals surface area contributed by atoms with Gasteiger partial charge in [-0.25, -0.2) is 0 Å². The molecule has 2 aromatic carbocycles. The van der Waals surface area contributed by atoms with Crippen LogP contribution in [-0.4, -0.2) is 21.7 Å². The third kappa shape index (κ3) is 4.34. The molecular formula is C21H20N2OS. The molecule has 0 saturated carbocycles. The Bertz CT molecular complexity index is 887. The molecule has 0 spiro atoms. The lowest BCUT2D eigenvalue weighted by atomic mass is 10.0. The first kappa shape index (κ1) is 17.4. The van der Waals surface area contributed by atoms with E-state index in [0.29, 0.717) is 5.75 Å². The minimum Gasteiger partial charge on any atom is -0.293 e. The second kappa shape index (κ2) is 7.62. The topological polar surface area (TPSA) is 42.9 Å². The van der Waals surface area contributed by atoms with E-state index in [2.05, 4.69) is 42.2 Å². The second-order valence-corrected chi connectivity index (χ2v) is 7.15. The van der Waals surface area contributed by atoms with Gasteiger partial charge in [-0.3, -0.25) is 4.79 Å². The van der Waals surface area contributed by atoms with E-state index in [4.69, 9.17) is 0 Å². The zero-order valence-corrected chi connectivity index (χ0v) is 15.4. The van der Waals surface area contributed by atoms with Gasteiger partial charge in [-0.2, -0.15) is 0 Å². The van der Waals surface area contributed by atoms with Crippen molar-refractivity contribution in [1.82, 2.24) is 10.2 Å². The number of hydrogen-bond donors (Lipinski definition) is 0. The van der Waals surface area contributed by atoms with E-state index in [1.807, 2.05) is 43.3 Å². The first-order valence-electron chi connectivity index (χ1n) is 8.17. The van der Waals surface area contributed by atoms with Crippen molar-refractivity contribution in [2.45, 2.75) is 25.8 Å². The molecule has 126 valence electrons. The van der Waals surface area contributed by atoms with Crippen LogP contribution in [0.1, 0.15) is 27.0 Å². The van der Waals surface area contributed by atoms with E-state index in [1.54, 1.807) is 0 Å². The molecule has 1 aromatic heterocycles.